The number of imidazole rings is 1. The number of hydrogen-bond donors (Lipinski definition) is 3. The number of anilines is 1. The summed E-state index contributed by atoms with van der Waals surface area (Å²) < 4.78 is 5.33. The van der Waals surface area contributed by atoms with E-state index < -0.39 is 5.41 Å². The number of nitrogens with zero attached hydrogens (tertiary/aromatic N) is 1. The van der Waals surface area contributed by atoms with E-state index in [0.717, 1.165) is 11.0 Å². The molecule has 0 spiro atoms. The van der Waals surface area contributed by atoms with Gasteiger partial charge in [0.05, 0.1) is 22.9 Å². The van der Waals surface area contributed by atoms with E-state index >= 15 is 0 Å². The van der Waals surface area contributed by atoms with Gasteiger partial charge in [0.1, 0.15) is 5.52 Å². The maximum atomic E-state index is 12.6. The zero-order valence-electron chi connectivity index (χ0n) is 12.0. The average Bonchev–Trinajstić information content (AvgIpc) is 2.97. The first-order chi connectivity index (χ1) is 9.75. The molecule has 0 saturated carbocycles. The van der Waals surface area contributed by atoms with Crippen LogP contribution in [-0.2, 0) is 9.53 Å². The number of para-hydroxylation sites is 1. The van der Waals surface area contributed by atoms with Crippen LogP contribution < -0.4 is 11.1 Å². The van der Waals surface area contributed by atoms with Crippen molar-refractivity contribution in [2.45, 2.75) is 12.8 Å². The van der Waals surface area contributed by atoms with Crippen molar-refractivity contribution < 1.29 is 9.53 Å². The smallest absolute Gasteiger partial charge is 0.232 e. The molecular formula is C14H20Cl2N4O2. The van der Waals surface area contributed by atoms with Crippen LogP contribution in [0.5, 0.6) is 0 Å². The summed E-state index contributed by atoms with van der Waals surface area (Å²) in [7, 11) is 0. The van der Waals surface area contributed by atoms with E-state index in [9.17, 15) is 4.79 Å². The molecule has 0 unspecified atom stereocenters. The lowest BCUT2D eigenvalue weighted by atomic mass is 9.79. The van der Waals surface area contributed by atoms with Crippen molar-refractivity contribution >= 4 is 47.4 Å². The van der Waals surface area contributed by atoms with Gasteiger partial charge in [0, 0.05) is 19.8 Å². The second kappa shape index (κ2) is 7.78. The highest BCUT2D eigenvalue weighted by atomic mass is 35.5. The summed E-state index contributed by atoms with van der Waals surface area (Å²) in [6, 6.07) is 5.66. The van der Waals surface area contributed by atoms with Crippen LogP contribution in [0, 0.1) is 5.41 Å². The Hall–Kier alpha value is -1.34. The Morgan fingerprint density at radius 1 is 1.36 bits per heavy atom. The van der Waals surface area contributed by atoms with Crippen LogP contribution >= 0.6 is 24.8 Å². The monoisotopic (exact) mass is 346 g/mol. The topological polar surface area (TPSA) is 93.0 Å². The van der Waals surface area contributed by atoms with E-state index in [-0.39, 0.29) is 30.7 Å². The summed E-state index contributed by atoms with van der Waals surface area (Å²) in [4.78, 5) is 19.9. The third-order valence-electron chi connectivity index (χ3n) is 4.02. The van der Waals surface area contributed by atoms with Gasteiger partial charge in [-0.2, -0.15) is 0 Å². The molecular weight excluding hydrogens is 327 g/mol. The third-order valence-corrected chi connectivity index (χ3v) is 4.02. The Morgan fingerprint density at radius 2 is 2.09 bits per heavy atom. The number of aromatic amines is 1. The lowest BCUT2D eigenvalue weighted by Gasteiger charge is -2.34. The zero-order valence-corrected chi connectivity index (χ0v) is 13.6. The molecule has 122 valence electrons. The van der Waals surface area contributed by atoms with E-state index in [0.29, 0.717) is 38.3 Å². The molecule has 6 nitrogen and oxygen atoms in total. The Labute approximate surface area is 141 Å². The SMILES string of the molecule is Cl.Cl.NCC1(C(=O)Nc2cccc3[nH]cnc23)CCOCC1. The number of hydrogen-bond acceptors (Lipinski definition) is 4. The van der Waals surface area contributed by atoms with Gasteiger partial charge in [0.15, 0.2) is 0 Å². The largest absolute Gasteiger partial charge is 0.381 e. The zero-order chi connectivity index (χ0) is 14.0. The molecule has 1 fully saturated rings. The van der Waals surface area contributed by atoms with Crippen LogP contribution in [-0.4, -0.2) is 35.6 Å². The number of rotatable bonds is 3. The number of carbonyl (C=O) groups is 1. The maximum absolute atomic E-state index is 12.6. The number of ether oxygens (including phenoxy) is 1. The van der Waals surface area contributed by atoms with E-state index in [1.807, 2.05) is 18.2 Å². The van der Waals surface area contributed by atoms with Crippen LogP contribution in [0.25, 0.3) is 11.0 Å². The highest BCUT2D eigenvalue weighted by Gasteiger charge is 2.39. The second-order valence-electron chi connectivity index (χ2n) is 5.16. The first-order valence-corrected chi connectivity index (χ1v) is 6.76. The molecule has 1 aromatic carbocycles. The molecule has 4 N–H and O–H groups in total. The van der Waals surface area contributed by atoms with Gasteiger partial charge in [-0.15, -0.1) is 24.8 Å². The average molecular weight is 347 g/mol. The highest BCUT2D eigenvalue weighted by Crippen LogP contribution is 2.31. The van der Waals surface area contributed by atoms with Gasteiger partial charge in [0.2, 0.25) is 5.91 Å². The fourth-order valence-electron chi connectivity index (χ4n) is 2.61. The Kier molecular flexibility index (Phi) is 6.62. The summed E-state index contributed by atoms with van der Waals surface area (Å²) in [5, 5.41) is 2.98. The van der Waals surface area contributed by atoms with Crippen LogP contribution in [0.1, 0.15) is 12.8 Å². The van der Waals surface area contributed by atoms with Gasteiger partial charge in [-0.05, 0) is 25.0 Å². The first-order valence-electron chi connectivity index (χ1n) is 6.76. The predicted octanol–water partition coefficient (Wildman–Crippen LogP) is 2.10. The van der Waals surface area contributed by atoms with Crippen molar-refractivity contribution in [2.24, 2.45) is 11.1 Å². The number of fused-ring (bicyclic) bond motifs is 1. The molecule has 0 aliphatic carbocycles. The van der Waals surface area contributed by atoms with Gasteiger partial charge in [-0.25, -0.2) is 4.98 Å². The van der Waals surface area contributed by atoms with Crippen molar-refractivity contribution in [3.63, 3.8) is 0 Å². The van der Waals surface area contributed by atoms with E-state index in [2.05, 4.69) is 15.3 Å². The minimum absolute atomic E-state index is 0. The molecule has 2 aromatic rings. The van der Waals surface area contributed by atoms with Gasteiger partial charge in [-0.1, -0.05) is 6.07 Å². The number of nitrogens with two attached hydrogens (primary N) is 1. The number of aromatic nitrogens is 2. The Balaban J connectivity index is 0.00000121. The number of nitrogens with one attached hydrogen (secondary N) is 2. The van der Waals surface area contributed by atoms with E-state index in [1.165, 1.54) is 0 Å². The number of amides is 1. The van der Waals surface area contributed by atoms with Crippen molar-refractivity contribution in [1.82, 2.24) is 9.97 Å². The normalized spacial score (nSPS) is 16.4. The predicted molar refractivity (Wildman–Crippen MR) is 90.8 cm³/mol. The van der Waals surface area contributed by atoms with Gasteiger partial charge >= 0.3 is 0 Å². The highest BCUT2D eigenvalue weighted by molar-refractivity contribution is 6.02. The summed E-state index contributed by atoms with van der Waals surface area (Å²) >= 11 is 0. The van der Waals surface area contributed by atoms with Crippen molar-refractivity contribution in [3.05, 3.63) is 24.5 Å². The van der Waals surface area contributed by atoms with Crippen LogP contribution in [0.3, 0.4) is 0 Å². The lowest BCUT2D eigenvalue weighted by Crippen LogP contribution is -2.46. The Bertz CT molecular complexity index is 626. The summed E-state index contributed by atoms with van der Waals surface area (Å²) in [6.07, 6.45) is 2.94. The first kappa shape index (κ1) is 18.7. The van der Waals surface area contributed by atoms with Crippen molar-refractivity contribution in [2.75, 3.05) is 25.1 Å². The molecule has 22 heavy (non-hydrogen) atoms. The van der Waals surface area contributed by atoms with Crippen LogP contribution in [0.4, 0.5) is 5.69 Å². The molecule has 8 heteroatoms. The van der Waals surface area contributed by atoms with Gasteiger partial charge in [-0.3, -0.25) is 4.79 Å². The molecule has 3 rings (SSSR count). The van der Waals surface area contributed by atoms with Crippen molar-refractivity contribution in [1.29, 1.82) is 0 Å². The standard InChI is InChI=1S/C14H18N4O2.2ClH/c15-8-14(4-6-20-7-5-14)13(19)18-11-3-1-2-10-12(11)17-9-16-10;;/h1-3,9H,4-8,15H2,(H,16,17)(H,18,19);2*1H. The number of carbonyl (C=O) groups excluding carboxylic acids is 1. The molecule has 1 saturated heterocycles. The lowest BCUT2D eigenvalue weighted by molar-refractivity contribution is -0.130. The van der Waals surface area contributed by atoms with Gasteiger partial charge in [0.25, 0.3) is 0 Å². The van der Waals surface area contributed by atoms with Crippen molar-refractivity contribution in [3.8, 4) is 0 Å². The minimum atomic E-state index is -0.531. The van der Waals surface area contributed by atoms with Gasteiger partial charge < -0.3 is 20.8 Å². The summed E-state index contributed by atoms with van der Waals surface area (Å²) in [5.41, 5.74) is 7.70. The van der Waals surface area contributed by atoms with E-state index in [4.69, 9.17) is 10.5 Å². The molecule has 1 amide bonds. The fourth-order valence-corrected chi connectivity index (χ4v) is 2.61. The van der Waals surface area contributed by atoms with Crippen LogP contribution in [0.2, 0.25) is 0 Å². The maximum Gasteiger partial charge on any atom is 0.232 e. The number of halogens is 2. The molecule has 0 radical (unpaired) electrons. The summed E-state index contributed by atoms with van der Waals surface area (Å²) in [6.45, 7) is 1.49. The Morgan fingerprint density at radius 3 is 2.77 bits per heavy atom. The minimum Gasteiger partial charge on any atom is -0.381 e. The van der Waals surface area contributed by atoms with Crippen LogP contribution in [0.15, 0.2) is 24.5 Å². The fraction of sp³-hybridized carbons (Fsp3) is 0.429. The molecule has 1 aliphatic rings. The summed E-state index contributed by atoms with van der Waals surface area (Å²) in [5.74, 6) is -0.0428. The second-order valence-corrected chi connectivity index (χ2v) is 5.16. The molecule has 1 aliphatic heterocycles. The molecule has 0 bridgehead atoms. The molecule has 0 atom stereocenters. The third kappa shape index (κ3) is 3.35. The number of benzene rings is 1. The van der Waals surface area contributed by atoms with E-state index in [1.54, 1.807) is 6.33 Å². The molecule has 2 heterocycles. The molecule has 1 aromatic heterocycles. The quantitative estimate of drug-likeness (QED) is 0.793. The number of H-pyrrole nitrogens is 1.